The fourth-order valence-corrected chi connectivity index (χ4v) is 4.48. The van der Waals surface area contributed by atoms with Gasteiger partial charge in [-0.05, 0) is 17.9 Å². The van der Waals surface area contributed by atoms with E-state index in [1.165, 1.54) is 14.2 Å². The third kappa shape index (κ3) is 2.90. The molecular formula is C21H25N3O5. The summed E-state index contributed by atoms with van der Waals surface area (Å²) in [7, 11) is 4.61. The van der Waals surface area contributed by atoms with Gasteiger partial charge in [0.15, 0.2) is 17.3 Å². The Kier molecular flexibility index (Phi) is 4.44. The van der Waals surface area contributed by atoms with Crippen LogP contribution in [0.1, 0.15) is 43.7 Å². The molecule has 29 heavy (non-hydrogen) atoms. The predicted molar refractivity (Wildman–Crippen MR) is 108 cm³/mol. The standard InChI is InChI=1S/C21H25N3O5/c1-21(2)8-11-15(12(25)9-21)14(16-19(22-11)23-24-20(16)26)10-6-7-13(27-3)18(29-5)17(10)28-4/h6-7,14H,8-9H2,1-5H3,(H3,22,23,24,26)/t14-/m0/s1. The molecule has 0 saturated carbocycles. The van der Waals surface area contributed by atoms with Gasteiger partial charge in [-0.25, -0.2) is 0 Å². The van der Waals surface area contributed by atoms with Crippen LogP contribution in [0, 0.1) is 5.41 Å². The molecule has 0 fully saturated rings. The average molecular weight is 399 g/mol. The average Bonchev–Trinajstić information content (AvgIpc) is 3.04. The van der Waals surface area contributed by atoms with Crippen LogP contribution in [-0.2, 0) is 4.79 Å². The Hall–Kier alpha value is -3.16. The van der Waals surface area contributed by atoms with Crippen molar-refractivity contribution in [2.24, 2.45) is 5.41 Å². The SMILES string of the molecule is COc1ccc([C@H]2C3=C(CC(C)(C)CC3=O)Nc3[nH][nH]c(=O)c32)c(OC)c1OC. The highest BCUT2D eigenvalue weighted by molar-refractivity contribution is 6.01. The monoisotopic (exact) mass is 399 g/mol. The van der Waals surface area contributed by atoms with Crippen LogP contribution in [0.4, 0.5) is 5.82 Å². The van der Waals surface area contributed by atoms with E-state index in [4.69, 9.17) is 14.2 Å². The largest absolute Gasteiger partial charge is 0.493 e. The Morgan fingerprint density at radius 2 is 1.69 bits per heavy atom. The zero-order valence-corrected chi connectivity index (χ0v) is 17.2. The summed E-state index contributed by atoms with van der Waals surface area (Å²) in [4.78, 5) is 25.9. The highest BCUT2D eigenvalue weighted by Gasteiger charge is 2.43. The first-order valence-electron chi connectivity index (χ1n) is 9.44. The fraction of sp³-hybridized carbons (Fsp3) is 0.429. The Bertz CT molecular complexity index is 1080. The van der Waals surface area contributed by atoms with Crippen molar-refractivity contribution in [1.82, 2.24) is 10.2 Å². The minimum Gasteiger partial charge on any atom is -0.493 e. The lowest BCUT2D eigenvalue weighted by Gasteiger charge is -2.38. The maximum atomic E-state index is 13.2. The van der Waals surface area contributed by atoms with E-state index in [0.29, 0.717) is 52.6 Å². The van der Waals surface area contributed by atoms with Gasteiger partial charge < -0.3 is 19.5 Å². The number of carbonyl (C=O) groups excluding carboxylic acids is 1. The molecule has 3 N–H and O–H groups in total. The number of rotatable bonds is 4. The number of benzene rings is 1. The van der Waals surface area contributed by atoms with Gasteiger partial charge in [-0.15, -0.1) is 0 Å². The summed E-state index contributed by atoms with van der Waals surface area (Å²) < 4.78 is 16.6. The van der Waals surface area contributed by atoms with E-state index in [0.717, 1.165) is 5.70 Å². The molecule has 0 spiro atoms. The van der Waals surface area contributed by atoms with Crippen LogP contribution >= 0.6 is 0 Å². The topological polar surface area (TPSA) is 105 Å². The lowest BCUT2D eigenvalue weighted by Crippen LogP contribution is -2.35. The van der Waals surface area contributed by atoms with E-state index >= 15 is 0 Å². The van der Waals surface area contributed by atoms with Crippen LogP contribution in [0.15, 0.2) is 28.2 Å². The number of Topliss-reactive ketones (excluding diaryl/α,β-unsaturated/α-hetero) is 1. The zero-order valence-electron chi connectivity index (χ0n) is 17.2. The summed E-state index contributed by atoms with van der Waals surface area (Å²) in [6.07, 6.45) is 1.12. The van der Waals surface area contributed by atoms with Crippen molar-refractivity contribution in [2.75, 3.05) is 26.6 Å². The third-order valence-electron chi connectivity index (χ3n) is 5.63. The second-order valence-corrected chi connectivity index (χ2v) is 8.18. The first kappa shape index (κ1) is 19.2. The molecule has 0 bridgehead atoms. The molecule has 1 aliphatic heterocycles. The normalized spacial score (nSPS) is 19.9. The predicted octanol–water partition coefficient (Wildman–Crippen LogP) is 2.93. The molecule has 1 aromatic heterocycles. The van der Waals surface area contributed by atoms with Gasteiger partial charge >= 0.3 is 0 Å². The van der Waals surface area contributed by atoms with E-state index in [2.05, 4.69) is 29.4 Å². The van der Waals surface area contributed by atoms with Crippen LogP contribution in [0.25, 0.3) is 0 Å². The Morgan fingerprint density at radius 3 is 2.34 bits per heavy atom. The molecule has 1 atom stereocenters. The third-order valence-corrected chi connectivity index (χ3v) is 5.63. The fourth-order valence-electron chi connectivity index (χ4n) is 4.48. The summed E-state index contributed by atoms with van der Waals surface area (Å²) in [5, 5.41) is 8.80. The maximum Gasteiger partial charge on any atom is 0.270 e. The van der Waals surface area contributed by atoms with Gasteiger partial charge in [-0.1, -0.05) is 19.9 Å². The van der Waals surface area contributed by atoms with Gasteiger partial charge in [0.25, 0.3) is 5.56 Å². The highest BCUT2D eigenvalue weighted by Crippen LogP contribution is 2.52. The number of aromatic nitrogens is 2. The van der Waals surface area contributed by atoms with Crippen LogP contribution < -0.4 is 25.1 Å². The number of aromatic amines is 2. The van der Waals surface area contributed by atoms with Crippen LogP contribution in [0.2, 0.25) is 0 Å². The number of nitrogens with one attached hydrogen (secondary N) is 3. The van der Waals surface area contributed by atoms with Gasteiger partial charge in [-0.2, -0.15) is 0 Å². The summed E-state index contributed by atoms with van der Waals surface area (Å²) in [5.74, 6) is 1.39. The quantitative estimate of drug-likeness (QED) is 0.730. The molecule has 4 rings (SSSR count). The van der Waals surface area contributed by atoms with Crippen molar-refractivity contribution < 1.29 is 19.0 Å². The van der Waals surface area contributed by atoms with Crippen molar-refractivity contribution in [1.29, 1.82) is 0 Å². The molecule has 1 aliphatic carbocycles. The number of ketones is 1. The molecule has 2 heterocycles. The minimum atomic E-state index is -0.574. The Morgan fingerprint density at radius 1 is 0.966 bits per heavy atom. The molecule has 1 aromatic carbocycles. The molecule has 2 aliphatic rings. The summed E-state index contributed by atoms with van der Waals surface area (Å²) >= 11 is 0. The van der Waals surface area contributed by atoms with E-state index < -0.39 is 5.92 Å². The summed E-state index contributed by atoms with van der Waals surface area (Å²) in [5.41, 5.74) is 2.13. The van der Waals surface area contributed by atoms with Crippen molar-refractivity contribution in [3.05, 3.63) is 44.9 Å². The number of ether oxygens (including phenoxy) is 3. The van der Waals surface area contributed by atoms with Gasteiger partial charge in [-0.3, -0.25) is 19.8 Å². The van der Waals surface area contributed by atoms with E-state index in [1.807, 2.05) is 6.07 Å². The van der Waals surface area contributed by atoms with Crippen molar-refractivity contribution >= 4 is 11.6 Å². The first-order valence-corrected chi connectivity index (χ1v) is 9.44. The van der Waals surface area contributed by atoms with E-state index in [-0.39, 0.29) is 16.8 Å². The highest BCUT2D eigenvalue weighted by atomic mass is 16.5. The van der Waals surface area contributed by atoms with E-state index in [9.17, 15) is 9.59 Å². The van der Waals surface area contributed by atoms with Crippen molar-refractivity contribution in [3.8, 4) is 17.2 Å². The Labute approximate surface area is 168 Å². The molecule has 0 amide bonds. The number of methoxy groups -OCH3 is 3. The van der Waals surface area contributed by atoms with E-state index in [1.54, 1.807) is 13.2 Å². The molecular weight excluding hydrogens is 374 g/mol. The van der Waals surface area contributed by atoms with Crippen LogP contribution in [-0.4, -0.2) is 37.3 Å². The number of carbonyl (C=O) groups is 1. The first-order chi connectivity index (χ1) is 13.8. The molecule has 0 radical (unpaired) electrons. The molecule has 2 aromatic rings. The number of hydrogen-bond acceptors (Lipinski definition) is 6. The molecule has 0 saturated heterocycles. The number of H-pyrrole nitrogens is 2. The maximum absolute atomic E-state index is 13.2. The molecule has 0 unspecified atom stereocenters. The van der Waals surface area contributed by atoms with Crippen molar-refractivity contribution in [3.63, 3.8) is 0 Å². The second kappa shape index (κ2) is 6.72. The molecule has 154 valence electrons. The summed E-state index contributed by atoms with van der Waals surface area (Å²) in [6, 6.07) is 3.58. The lowest BCUT2D eigenvalue weighted by molar-refractivity contribution is -0.118. The van der Waals surface area contributed by atoms with Crippen molar-refractivity contribution in [2.45, 2.75) is 32.6 Å². The van der Waals surface area contributed by atoms with Gasteiger partial charge in [0.05, 0.1) is 32.8 Å². The van der Waals surface area contributed by atoms with Crippen LogP contribution in [0.5, 0.6) is 17.2 Å². The second-order valence-electron chi connectivity index (χ2n) is 8.18. The molecule has 8 heteroatoms. The minimum absolute atomic E-state index is 0.0248. The van der Waals surface area contributed by atoms with Gasteiger partial charge in [0, 0.05) is 23.3 Å². The van der Waals surface area contributed by atoms with Gasteiger partial charge in [0.2, 0.25) is 5.75 Å². The smallest absolute Gasteiger partial charge is 0.270 e. The lowest BCUT2D eigenvalue weighted by atomic mass is 9.69. The zero-order chi connectivity index (χ0) is 20.9. The van der Waals surface area contributed by atoms with Gasteiger partial charge in [0.1, 0.15) is 5.82 Å². The number of allylic oxidation sites excluding steroid dienone is 2. The number of fused-ring (bicyclic) bond motifs is 1. The summed E-state index contributed by atoms with van der Waals surface area (Å²) in [6.45, 7) is 4.13. The number of anilines is 1. The Balaban J connectivity index is 2.01. The van der Waals surface area contributed by atoms with Crippen LogP contribution in [0.3, 0.4) is 0 Å². The molecule has 8 nitrogen and oxygen atoms in total. The number of hydrogen-bond donors (Lipinski definition) is 3.